The lowest BCUT2D eigenvalue weighted by molar-refractivity contribution is 0.672. The van der Waals surface area contributed by atoms with E-state index in [1.54, 1.807) is 0 Å². The average Bonchev–Trinajstić information content (AvgIpc) is 2.45. The normalized spacial score (nSPS) is 10.4. The first kappa shape index (κ1) is 16.2. The van der Waals surface area contributed by atoms with Gasteiger partial charge in [0.15, 0.2) is 0 Å². The van der Waals surface area contributed by atoms with Crippen LogP contribution in [0.3, 0.4) is 0 Å². The molecule has 0 aliphatic carbocycles. The molecule has 20 heavy (non-hydrogen) atoms. The van der Waals surface area contributed by atoms with Gasteiger partial charge >= 0.3 is 0 Å². The number of aromatic nitrogens is 2. The molecule has 1 N–H and O–H groups in total. The van der Waals surface area contributed by atoms with Crippen LogP contribution in [0.25, 0.3) is 0 Å². The molecule has 0 unspecified atom stereocenters. The number of rotatable bonds is 8. The quantitative estimate of drug-likeness (QED) is 0.790. The van der Waals surface area contributed by atoms with Crippen molar-refractivity contribution in [1.29, 1.82) is 5.26 Å². The Balaban J connectivity index is 3.03. The van der Waals surface area contributed by atoms with Gasteiger partial charge in [0.25, 0.3) is 0 Å². The molecule has 0 aliphatic heterocycles. The van der Waals surface area contributed by atoms with Gasteiger partial charge in [0.05, 0.1) is 12.5 Å². The molecule has 1 rings (SSSR count). The highest BCUT2D eigenvalue weighted by Crippen LogP contribution is 2.19. The van der Waals surface area contributed by atoms with Crippen LogP contribution in [0.2, 0.25) is 0 Å². The third kappa shape index (κ3) is 4.69. The second-order valence-corrected chi connectivity index (χ2v) is 5.00. The largest absolute Gasteiger partial charge is 0.370 e. The molecule has 0 spiro atoms. The number of hydrogen-bond donors (Lipinski definition) is 1. The van der Waals surface area contributed by atoms with E-state index >= 15 is 0 Å². The first-order chi connectivity index (χ1) is 9.62. The minimum absolute atomic E-state index is 0.307. The van der Waals surface area contributed by atoms with Crippen molar-refractivity contribution in [1.82, 2.24) is 9.97 Å². The van der Waals surface area contributed by atoms with Gasteiger partial charge in [-0.15, -0.1) is 0 Å². The third-order valence-corrected chi connectivity index (χ3v) is 3.01. The molecule has 1 aromatic rings. The molecule has 110 valence electrons. The van der Waals surface area contributed by atoms with E-state index in [0.717, 1.165) is 36.8 Å². The summed E-state index contributed by atoms with van der Waals surface area (Å²) in [5, 5.41) is 12.1. The molecule has 1 aromatic heterocycles. The van der Waals surface area contributed by atoms with Crippen molar-refractivity contribution in [2.75, 3.05) is 23.3 Å². The van der Waals surface area contributed by atoms with Gasteiger partial charge in [-0.1, -0.05) is 13.8 Å². The summed E-state index contributed by atoms with van der Waals surface area (Å²) in [7, 11) is 0. The van der Waals surface area contributed by atoms with Crippen molar-refractivity contribution >= 4 is 11.6 Å². The van der Waals surface area contributed by atoms with Crippen LogP contribution >= 0.6 is 0 Å². The Kier molecular flexibility index (Phi) is 6.78. The fraction of sp³-hybridized carbons (Fsp3) is 0.667. The van der Waals surface area contributed by atoms with Crippen molar-refractivity contribution < 1.29 is 0 Å². The Morgan fingerprint density at radius 1 is 1.35 bits per heavy atom. The molecular formula is C15H25N5. The smallest absolute Gasteiger partial charge is 0.134 e. The summed E-state index contributed by atoms with van der Waals surface area (Å²) < 4.78 is 0. The van der Waals surface area contributed by atoms with Crippen molar-refractivity contribution in [3.63, 3.8) is 0 Å². The lowest BCUT2D eigenvalue weighted by atomic mass is 10.2. The van der Waals surface area contributed by atoms with Gasteiger partial charge < -0.3 is 10.2 Å². The summed E-state index contributed by atoms with van der Waals surface area (Å²) in [5.74, 6) is 2.61. The predicted octanol–water partition coefficient (Wildman–Crippen LogP) is 2.99. The summed E-state index contributed by atoms with van der Waals surface area (Å²) in [6, 6.07) is 4.49. The SMILES string of the molecule is CCCNc1cc(N(CCC#N)C(C)C)nc(CC)n1. The molecule has 0 bridgehead atoms. The Morgan fingerprint density at radius 3 is 2.65 bits per heavy atom. The number of hydrogen-bond acceptors (Lipinski definition) is 5. The second-order valence-electron chi connectivity index (χ2n) is 5.00. The summed E-state index contributed by atoms with van der Waals surface area (Å²) in [6.07, 6.45) is 2.36. The number of nitrogens with zero attached hydrogens (tertiary/aromatic N) is 4. The fourth-order valence-corrected chi connectivity index (χ4v) is 1.94. The predicted molar refractivity (Wildman–Crippen MR) is 82.9 cm³/mol. The van der Waals surface area contributed by atoms with E-state index in [9.17, 15) is 0 Å². The number of nitriles is 1. The Hall–Kier alpha value is -1.83. The molecule has 5 heteroatoms. The van der Waals surface area contributed by atoms with Gasteiger partial charge in [-0.05, 0) is 20.3 Å². The number of nitrogens with one attached hydrogen (secondary N) is 1. The van der Waals surface area contributed by atoms with Crippen molar-refractivity contribution in [3.8, 4) is 6.07 Å². The summed E-state index contributed by atoms with van der Waals surface area (Å²) in [4.78, 5) is 11.3. The lowest BCUT2D eigenvalue weighted by Gasteiger charge is -2.27. The number of anilines is 2. The standard InChI is InChI=1S/C15H25N5/c1-5-9-17-14-11-15(19-13(6-2)18-14)20(12(3)4)10-7-8-16/h11-12H,5-7,9-10H2,1-4H3,(H,17,18,19). The van der Waals surface area contributed by atoms with Gasteiger partial charge in [-0.3, -0.25) is 0 Å². The Bertz CT molecular complexity index is 450. The van der Waals surface area contributed by atoms with Gasteiger partial charge in [0, 0.05) is 31.6 Å². The van der Waals surface area contributed by atoms with Crippen LogP contribution in [0.4, 0.5) is 11.6 Å². The van der Waals surface area contributed by atoms with Gasteiger partial charge in [0.1, 0.15) is 17.5 Å². The van der Waals surface area contributed by atoms with E-state index < -0.39 is 0 Å². The monoisotopic (exact) mass is 275 g/mol. The molecule has 0 amide bonds. The maximum Gasteiger partial charge on any atom is 0.134 e. The van der Waals surface area contributed by atoms with Crippen LogP contribution < -0.4 is 10.2 Å². The lowest BCUT2D eigenvalue weighted by Crippen LogP contribution is -2.32. The van der Waals surface area contributed by atoms with Gasteiger partial charge in [0.2, 0.25) is 0 Å². The van der Waals surface area contributed by atoms with E-state index in [0.29, 0.717) is 19.0 Å². The highest BCUT2D eigenvalue weighted by Gasteiger charge is 2.14. The molecule has 5 nitrogen and oxygen atoms in total. The van der Waals surface area contributed by atoms with Crippen LogP contribution in [-0.2, 0) is 6.42 Å². The van der Waals surface area contributed by atoms with E-state index in [2.05, 4.69) is 53.9 Å². The maximum atomic E-state index is 8.79. The topological polar surface area (TPSA) is 64.8 Å². The minimum Gasteiger partial charge on any atom is -0.370 e. The molecule has 0 aromatic carbocycles. The van der Waals surface area contributed by atoms with E-state index in [1.165, 1.54) is 0 Å². The molecule has 1 heterocycles. The zero-order valence-corrected chi connectivity index (χ0v) is 13.0. The zero-order valence-electron chi connectivity index (χ0n) is 13.0. The highest BCUT2D eigenvalue weighted by molar-refractivity contribution is 5.50. The molecule has 0 atom stereocenters. The van der Waals surface area contributed by atoms with Crippen LogP contribution in [-0.4, -0.2) is 29.1 Å². The van der Waals surface area contributed by atoms with Crippen molar-refractivity contribution in [2.24, 2.45) is 0 Å². The zero-order chi connectivity index (χ0) is 15.0. The van der Waals surface area contributed by atoms with E-state index in [4.69, 9.17) is 5.26 Å². The molecule has 0 saturated heterocycles. The van der Waals surface area contributed by atoms with Crippen molar-refractivity contribution in [2.45, 2.75) is 53.0 Å². The average molecular weight is 275 g/mol. The third-order valence-electron chi connectivity index (χ3n) is 3.01. The first-order valence-electron chi connectivity index (χ1n) is 7.37. The van der Waals surface area contributed by atoms with Gasteiger partial charge in [-0.25, -0.2) is 9.97 Å². The molecule has 0 saturated carbocycles. The number of aryl methyl sites for hydroxylation is 1. The Morgan fingerprint density at radius 2 is 2.10 bits per heavy atom. The molecule has 0 radical (unpaired) electrons. The van der Waals surface area contributed by atoms with Gasteiger partial charge in [-0.2, -0.15) is 5.26 Å². The van der Waals surface area contributed by atoms with Crippen LogP contribution in [0.15, 0.2) is 6.07 Å². The second kappa shape index (κ2) is 8.36. The summed E-state index contributed by atoms with van der Waals surface area (Å²) in [5.41, 5.74) is 0. The summed E-state index contributed by atoms with van der Waals surface area (Å²) in [6.45, 7) is 10.0. The van der Waals surface area contributed by atoms with Crippen molar-refractivity contribution in [3.05, 3.63) is 11.9 Å². The molecule has 0 aliphatic rings. The van der Waals surface area contributed by atoms with Crippen LogP contribution in [0.1, 0.15) is 46.4 Å². The first-order valence-corrected chi connectivity index (χ1v) is 7.37. The van der Waals surface area contributed by atoms with E-state index in [1.807, 2.05) is 6.07 Å². The van der Waals surface area contributed by atoms with Crippen LogP contribution in [0, 0.1) is 11.3 Å². The van der Waals surface area contributed by atoms with E-state index in [-0.39, 0.29) is 0 Å². The molecule has 0 fully saturated rings. The maximum absolute atomic E-state index is 8.79. The highest BCUT2D eigenvalue weighted by atomic mass is 15.2. The van der Waals surface area contributed by atoms with Crippen LogP contribution in [0.5, 0.6) is 0 Å². The molecular weight excluding hydrogens is 250 g/mol. The fourth-order valence-electron chi connectivity index (χ4n) is 1.94. The summed E-state index contributed by atoms with van der Waals surface area (Å²) >= 11 is 0. The minimum atomic E-state index is 0.307. The Labute approximate surface area is 122 Å².